The van der Waals surface area contributed by atoms with E-state index in [0.717, 1.165) is 16.9 Å². The molecule has 1 amide bonds. The molecular weight excluding hydrogens is 348 g/mol. The van der Waals surface area contributed by atoms with Gasteiger partial charge in [-0.25, -0.2) is 0 Å². The van der Waals surface area contributed by atoms with Crippen LogP contribution in [0.15, 0.2) is 84.9 Å². The summed E-state index contributed by atoms with van der Waals surface area (Å²) in [4.78, 5) is 27.5. The molecule has 4 rings (SSSR count). The normalized spacial score (nSPS) is 17.7. The lowest BCUT2D eigenvalue weighted by Gasteiger charge is -2.32. The third-order valence-electron chi connectivity index (χ3n) is 5.33. The van der Waals surface area contributed by atoms with E-state index >= 15 is 0 Å². The zero-order valence-electron chi connectivity index (χ0n) is 15.8. The monoisotopic (exact) mass is 370 g/mol. The number of hydrogen-bond donors (Lipinski definition) is 1. The number of anilines is 2. The van der Waals surface area contributed by atoms with Gasteiger partial charge in [0.05, 0.1) is 0 Å². The second-order valence-corrected chi connectivity index (χ2v) is 7.03. The molecule has 140 valence electrons. The molecule has 0 spiro atoms. The van der Waals surface area contributed by atoms with Crippen LogP contribution in [0.25, 0.3) is 0 Å². The van der Waals surface area contributed by atoms with E-state index in [2.05, 4.69) is 5.32 Å². The molecule has 0 radical (unpaired) electrons. The minimum Gasteiger partial charge on any atom is -0.368 e. The van der Waals surface area contributed by atoms with Gasteiger partial charge in [0.25, 0.3) is 0 Å². The van der Waals surface area contributed by atoms with E-state index in [1.807, 2.05) is 84.9 Å². The van der Waals surface area contributed by atoms with Crippen LogP contribution in [0.4, 0.5) is 11.4 Å². The molecule has 1 heterocycles. The van der Waals surface area contributed by atoms with Gasteiger partial charge in [0.1, 0.15) is 5.54 Å². The predicted octanol–water partition coefficient (Wildman–Crippen LogP) is 4.63. The summed E-state index contributed by atoms with van der Waals surface area (Å²) in [6.07, 6.45) is 0.471. The van der Waals surface area contributed by atoms with Crippen molar-refractivity contribution >= 4 is 23.1 Å². The van der Waals surface area contributed by atoms with Crippen molar-refractivity contribution in [3.05, 3.63) is 96.1 Å². The second kappa shape index (κ2) is 7.31. The summed E-state index contributed by atoms with van der Waals surface area (Å²) < 4.78 is 0. The summed E-state index contributed by atoms with van der Waals surface area (Å²) >= 11 is 0. The molecule has 0 saturated heterocycles. The highest BCUT2D eigenvalue weighted by molar-refractivity contribution is 6.13. The fourth-order valence-corrected chi connectivity index (χ4v) is 3.91. The van der Waals surface area contributed by atoms with Crippen LogP contribution < -0.4 is 10.2 Å². The molecule has 28 heavy (non-hydrogen) atoms. The highest BCUT2D eigenvalue weighted by Crippen LogP contribution is 2.41. The number of ketones is 1. The minimum atomic E-state index is -0.882. The Morgan fingerprint density at radius 3 is 2.14 bits per heavy atom. The van der Waals surface area contributed by atoms with Gasteiger partial charge in [-0.2, -0.15) is 0 Å². The van der Waals surface area contributed by atoms with Gasteiger partial charge < -0.3 is 10.2 Å². The van der Waals surface area contributed by atoms with E-state index in [4.69, 9.17) is 0 Å². The van der Waals surface area contributed by atoms with E-state index in [-0.39, 0.29) is 11.7 Å². The average Bonchev–Trinajstić information content (AvgIpc) is 3.02. The van der Waals surface area contributed by atoms with Crippen molar-refractivity contribution < 1.29 is 9.59 Å². The number of carbonyl (C=O) groups is 2. The van der Waals surface area contributed by atoms with Crippen molar-refractivity contribution in [2.75, 3.05) is 16.8 Å². The maximum absolute atomic E-state index is 13.5. The Kier molecular flexibility index (Phi) is 4.70. The summed E-state index contributed by atoms with van der Waals surface area (Å²) in [5.74, 6) is 0.00300. The smallest absolute Gasteiger partial charge is 0.223 e. The van der Waals surface area contributed by atoms with Crippen molar-refractivity contribution in [3.8, 4) is 0 Å². The Morgan fingerprint density at radius 1 is 0.893 bits per heavy atom. The molecule has 1 N–H and O–H groups in total. The topological polar surface area (TPSA) is 49.4 Å². The Morgan fingerprint density at radius 2 is 1.50 bits per heavy atom. The summed E-state index contributed by atoms with van der Waals surface area (Å²) in [6, 6.07) is 26.9. The molecule has 0 fully saturated rings. The predicted molar refractivity (Wildman–Crippen MR) is 112 cm³/mol. The molecular formula is C24H22N2O2. The third kappa shape index (κ3) is 3.07. The maximum atomic E-state index is 13.5. The van der Waals surface area contributed by atoms with Gasteiger partial charge in [0, 0.05) is 36.8 Å². The van der Waals surface area contributed by atoms with Gasteiger partial charge in [-0.3, -0.25) is 9.59 Å². The van der Waals surface area contributed by atoms with Crippen molar-refractivity contribution in [2.24, 2.45) is 0 Å². The number of nitrogens with zero attached hydrogens (tertiary/aromatic N) is 1. The molecule has 0 aromatic heterocycles. The van der Waals surface area contributed by atoms with Crippen molar-refractivity contribution in [2.45, 2.75) is 18.9 Å². The van der Waals surface area contributed by atoms with E-state index in [1.165, 1.54) is 0 Å². The van der Waals surface area contributed by atoms with Crippen molar-refractivity contribution in [1.29, 1.82) is 0 Å². The number of fused-ring (bicyclic) bond motifs is 1. The third-order valence-corrected chi connectivity index (χ3v) is 5.33. The lowest BCUT2D eigenvalue weighted by molar-refractivity contribution is -0.116. The number of amides is 1. The summed E-state index contributed by atoms with van der Waals surface area (Å²) in [7, 11) is 0. The largest absolute Gasteiger partial charge is 0.368 e. The highest BCUT2D eigenvalue weighted by atomic mass is 16.2. The van der Waals surface area contributed by atoms with Crippen LogP contribution in [-0.2, 0) is 10.3 Å². The maximum Gasteiger partial charge on any atom is 0.223 e. The van der Waals surface area contributed by atoms with Crippen LogP contribution in [0.1, 0.15) is 29.3 Å². The van der Waals surface area contributed by atoms with Crippen LogP contribution in [0.5, 0.6) is 0 Å². The van der Waals surface area contributed by atoms with Gasteiger partial charge in [0.15, 0.2) is 5.78 Å². The lowest BCUT2D eigenvalue weighted by atomic mass is 9.82. The van der Waals surface area contributed by atoms with E-state index < -0.39 is 5.54 Å². The van der Waals surface area contributed by atoms with Crippen molar-refractivity contribution in [1.82, 2.24) is 0 Å². The number of hydrogen-bond acceptors (Lipinski definition) is 3. The number of benzene rings is 3. The number of nitrogens with one attached hydrogen (secondary N) is 1. The molecule has 0 saturated carbocycles. The fourth-order valence-electron chi connectivity index (χ4n) is 3.91. The van der Waals surface area contributed by atoms with Crippen LogP contribution in [0.3, 0.4) is 0 Å². The molecule has 1 atom stereocenters. The zero-order valence-corrected chi connectivity index (χ0v) is 15.8. The average molecular weight is 370 g/mol. The molecule has 1 aliphatic heterocycles. The molecule has 1 unspecified atom stereocenters. The van der Waals surface area contributed by atoms with Gasteiger partial charge in [0.2, 0.25) is 5.91 Å². The zero-order chi connectivity index (χ0) is 19.6. The molecule has 0 bridgehead atoms. The van der Waals surface area contributed by atoms with Gasteiger partial charge >= 0.3 is 0 Å². The summed E-state index contributed by atoms with van der Waals surface area (Å²) in [5.41, 5.74) is 2.40. The van der Waals surface area contributed by atoms with E-state index in [9.17, 15) is 9.59 Å². The Hall–Kier alpha value is -3.40. The standard InChI is InChI=1S/C24H22N2O2/c1-18(27)26(20-12-6-3-7-13-20)17-16-24(19-10-4-2-5-11-19)23(28)21-14-8-9-15-22(21)25-24/h2-15,25H,16-17H2,1H3. The van der Waals surface area contributed by atoms with Crippen molar-refractivity contribution in [3.63, 3.8) is 0 Å². The van der Waals surface area contributed by atoms with E-state index in [0.29, 0.717) is 18.5 Å². The first-order valence-corrected chi connectivity index (χ1v) is 9.42. The number of para-hydroxylation sites is 2. The van der Waals surface area contributed by atoms with Crippen LogP contribution in [0, 0.1) is 0 Å². The summed E-state index contributed by atoms with van der Waals surface area (Å²) in [6.45, 7) is 1.99. The number of carbonyl (C=O) groups excluding carboxylic acids is 2. The molecule has 3 aromatic carbocycles. The molecule has 3 aromatic rings. The van der Waals surface area contributed by atoms with Crippen LogP contribution in [0.2, 0.25) is 0 Å². The first-order valence-electron chi connectivity index (χ1n) is 9.42. The minimum absolute atomic E-state index is 0.0441. The number of Topliss-reactive ketones (excluding diaryl/α,β-unsaturated/α-hetero) is 1. The highest BCUT2D eigenvalue weighted by Gasteiger charge is 2.46. The fraction of sp³-hybridized carbons (Fsp3) is 0.167. The van der Waals surface area contributed by atoms with E-state index in [1.54, 1.807) is 11.8 Å². The molecule has 4 heteroatoms. The Labute approximate surface area is 164 Å². The first-order chi connectivity index (χ1) is 13.6. The Balaban J connectivity index is 1.70. The number of rotatable bonds is 5. The first kappa shape index (κ1) is 18.0. The second-order valence-electron chi connectivity index (χ2n) is 7.03. The van der Waals surface area contributed by atoms with Gasteiger partial charge in [-0.15, -0.1) is 0 Å². The molecule has 4 nitrogen and oxygen atoms in total. The molecule has 1 aliphatic rings. The summed E-state index contributed by atoms with van der Waals surface area (Å²) in [5, 5.41) is 3.47. The quantitative estimate of drug-likeness (QED) is 0.712. The van der Waals surface area contributed by atoms with Crippen LogP contribution in [-0.4, -0.2) is 18.2 Å². The molecule has 0 aliphatic carbocycles. The van der Waals surface area contributed by atoms with Gasteiger partial charge in [-0.1, -0.05) is 60.7 Å². The SMILES string of the molecule is CC(=O)N(CCC1(c2ccccc2)Nc2ccccc2C1=O)c1ccccc1. The van der Waals surface area contributed by atoms with Crippen LogP contribution >= 0.6 is 0 Å². The Bertz CT molecular complexity index is 1000. The van der Waals surface area contributed by atoms with Gasteiger partial charge in [-0.05, 0) is 29.8 Å². The lowest BCUT2D eigenvalue weighted by Crippen LogP contribution is -2.43.